The second-order valence-corrected chi connectivity index (χ2v) is 6.17. The minimum Gasteiger partial charge on any atom is -0.306 e. The maximum Gasteiger partial charge on any atom is 0.243 e. The molecule has 98 valence electrons. The normalized spacial score (nSPS) is 23.4. The van der Waals surface area contributed by atoms with E-state index in [1.165, 1.54) is 29.8 Å². The van der Waals surface area contributed by atoms with Crippen LogP contribution in [-0.2, 0) is 17.6 Å². The number of nitrogens with zero attached hydrogens (tertiary/aromatic N) is 1. The molecule has 0 aromatic carbocycles. The first kappa shape index (κ1) is 12.1. The first-order valence-electron chi connectivity index (χ1n) is 6.86. The lowest BCUT2D eigenvalue weighted by atomic mass is 10.0. The Kier molecular flexibility index (Phi) is 3.61. The number of rotatable bonds is 2. The lowest BCUT2D eigenvalue weighted by molar-refractivity contribution is -0.118. The third-order valence-electron chi connectivity index (χ3n) is 3.70. The summed E-state index contributed by atoms with van der Waals surface area (Å²) in [6.07, 6.45) is 7.95. The molecule has 1 saturated heterocycles. The van der Waals surface area contributed by atoms with Crippen molar-refractivity contribution in [3.8, 4) is 0 Å². The second-order valence-electron chi connectivity index (χ2n) is 5.09. The van der Waals surface area contributed by atoms with E-state index in [-0.39, 0.29) is 11.9 Å². The number of nitrogens with one attached hydrogen (secondary N) is 2. The van der Waals surface area contributed by atoms with E-state index in [9.17, 15) is 4.79 Å². The summed E-state index contributed by atoms with van der Waals surface area (Å²) in [6, 6.07) is -0.0281. The molecule has 0 saturated carbocycles. The Morgan fingerprint density at radius 3 is 2.94 bits per heavy atom. The van der Waals surface area contributed by atoms with Crippen molar-refractivity contribution >= 4 is 22.4 Å². The van der Waals surface area contributed by atoms with Crippen molar-refractivity contribution in [2.75, 3.05) is 11.9 Å². The summed E-state index contributed by atoms with van der Waals surface area (Å²) in [6.45, 7) is 0.951. The van der Waals surface area contributed by atoms with E-state index >= 15 is 0 Å². The van der Waals surface area contributed by atoms with E-state index in [1.807, 2.05) is 0 Å². The van der Waals surface area contributed by atoms with Gasteiger partial charge >= 0.3 is 0 Å². The van der Waals surface area contributed by atoms with Gasteiger partial charge in [-0.15, -0.1) is 11.3 Å². The number of hydrogen-bond donors (Lipinski definition) is 2. The number of piperidine rings is 1. The topological polar surface area (TPSA) is 54.0 Å². The predicted octanol–water partition coefficient (Wildman–Crippen LogP) is 2.10. The number of anilines is 1. The second kappa shape index (κ2) is 5.36. The van der Waals surface area contributed by atoms with Crippen LogP contribution in [0.3, 0.4) is 0 Å². The molecule has 4 nitrogen and oxygen atoms in total. The quantitative estimate of drug-likeness (QED) is 0.861. The van der Waals surface area contributed by atoms with Gasteiger partial charge in [-0.25, -0.2) is 4.98 Å². The molecule has 18 heavy (non-hydrogen) atoms. The standard InChI is InChI=1S/C13H19N3OS/c17-12(10-6-3-4-8-14-10)16-13-15-9-5-1-2-7-11(9)18-13/h10,14H,1-8H2,(H,15,16,17). The number of thiazole rings is 1. The molecule has 0 radical (unpaired) electrons. The highest BCUT2D eigenvalue weighted by atomic mass is 32.1. The molecule has 1 aromatic rings. The molecule has 1 fully saturated rings. The molecule has 0 bridgehead atoms. The fraction of sp³-hybridized carbons (Fsp3) is 0.692. The first-order chi connectivity index (χ1) is 8.83. The highest BCUT2D eigenvalue weighted by Crippen LogP contribution is 2.29. The summed E-state index contributed by atoms with van der Waals surface area (Å²) >= 11 is 1.66. The zero-order valence-electron chi connectivity index (χ0n) is 10.5. The number of fused-ring (bicyclic) bond motifs is 1. The molecule has 1 amide bonds. The van der Waals surface area contributed by atoms with Gasteiger partial charge in [-0.3, -0.25) is 4.79 Å². The minimum absolute atomic E-state index is 0.0281. The Balaban J connectivity index is 1.64. The third-order valence-corrected chi connectivity index (χ3v) is 4.78. The fourth-order valence-corrected chi connectivity index (χ4v) is 3.73. The fourth-order valence-electron chi connectivity index (χ4n) is 2.67. The Bertz CT molecular complexity index is 414. The van der Waals surface area contributed by atoms with Crippen molar-refractivity contribution in [1.29, 1.82) is 0 Å². The van der Waals surface area contributed by atoms with Crippen LogP contribution in [0.1, 0.15) is 42.7 Å². The van der Waals surface area contributed by atoms with Gasteiger partial charge in [-0.1, -0.05) is 6.42 Å². The predicted molar refractivity (Wildman–Crippen MR) is 73.0 cm³/mol. The molecule has 1 aromatic heterocycles. The lowest BCUT2D eigenvalue weighted by Crippen LogP contribution is -2.43. The molecule has 1 atom stereocenters. The number of carbonyl (C=O) groups is 1. The molecule has 2 heterocycles. The summed E-state index contributed by atoms with van der Waals surface area (Å²) in [5.74, 6) is 0.0841. The van der Waals surface area contributed by atoms with Crippen LogP contribution in [0, 0.1) is 0 Å². The third kappa shape index (κ3) is 2.57. The van der Waals surface area contributed by atoms with Crippen molar-refractivity contribution in [2.24, 2.45) is 0 Å². The van der Waals surface area contributed by atoms with Crippen LogP contribution < -0.4 is 10.6 Å². The van der Waals surface area contributed by atoms with E-state index in [0.29, 0.717) is 0 Å². The van der Waals surface area contributed by atoms with Crippen molar-refractivity contribution in [2.45, 2.75) is 51.0 Å². The Labute approximate surface area is 111 Å². The molecule has 2 N–H and O–H groups in total. The zero-order chi connectivity index (χ0) is 12.4. The molecule has 1 aliphatic heterocycles. The number of hydrogen-bond acceptors (Lipinski definition) is 4. The van der Waals surface area contributed by atoms with Crippen LogP contribution in [0.5, 0.6) is 0 Å². The van der Waals surface area contributed by atoms with Crippen LogP contribution in [0.15, 0.2) is 0 Å². The number of amides is 1. The van der Waals surface area contributed by atoms with Gasteiger partial charge in [0.25, 0.3) is 0 Å². The zero-order valence-corrected chi connectivity index (χ0v) is 11.3. The lowest BCUT2D eigenvalue weighted by Gasteiger charge is -2.21. The number of aryl methyl sites for hydroxylation is 2. The molecule has 3 rings (SSSR count). The van der Waals surface area contributed by atoms with Crippen molar-refractivity contribution in [3.05, 3.63) is 10.6 Å². The monoisotopic (exact) mass is 265 g/mol. The van der Waals surface area contributed by atoms with E-state index in [0.717, 1.165) is 37.4 Å². The molecular formula is C13H19N3OS. The van der Waals surface area contributed by atoms with Crippen molar-refractivity contribution < 1.29 is 4.79 Å². The molecule has 5 heteroatoms. The van der Waals surface area contributed by atoms with Crippen LogP contribution in [0.2, 0.25) is 0 Å². The largest absolute Gasteiger partial charge is 0.306 e. The minimum atomic E-state index is -0.0281. The SMILES string of the molecule is O=C(Nc1nc2c(s1)CCCC2)C1CCCCN1. The average molecular weight is 265 g/mol. The van der Waals surface area contributed by atoms with E-state index < -0.39 is 0 Å². The van der Waals surface area contributed by atoms with Crippen molar-refractivity contribution in [3.63, 3.8) is 0 Å². The Morgan fingerprint density at radius 1 is 1.28 bits per heavy atom. The van der Waals surface area contributed by atoms with Gasteiger partial charge in [0, 0.05) is 4.88 Å². The van der Waals surface area contributed by atoms with Gasteiger partial charge in [0.05, 0.1) is 11.7 Å². The molecule has 2 aliphatic rings. The van der Waals surface area contributed by atoms with E-state index in [4.69, 9.17) is 0 Å². The number of aromatic nitrogens is 1. The summed E-state index contributed by atoms with van der Waals surface area (Å²) in [4.78, 5) is 18.0. The molecule has 0 spiro atoms. The van der Waals surface area contributed by atoms with Crippen molar-refractivity contribution in [1.82, 2.24) is 10.3 Å². The van der Waals surface area contributed by atoms with Gasteiger partial charge in [0.1, 0.15) is 0 Å². The van der Waals surface area contributed by atoms with Crippen LogP contribution in [0.25, 0.3) is 0 Å². The van der Waals surface area contributed by atoms with E-state index in [1.54, 1.807) is 11.3 Å². The molecular weight excluding hydrogens is 246 g/mol. The summed E-state index contributed by atoms with van der Waals surface area (Å²) in [7, 11) is 0. The summed E-state index contributed by atoms with van der Waals surface area (Å²) in [5, 5.41) is 7.03. The maximum atomic E-state index is 12.1. The first-order valence-corrected chi connectivity index (χ1v) is 7.67. The van der Waals surface area contributed by atoms with Gasteiger partial charge in [0.2, 0.25) is 5.91 Å². The van der Waals surface area contributed by atoms with Gasteiger partial charge in [-0.2, -0.15) is 0 Å². The maximum absolute atomic E-state index is 12.1. The van der Waals surface area contributed by atoms with Crippen LogP contribution >= 0.6 is 11.3 Å². The smallest absolute Gasteiger partial charge is 0.243 e. The van der Waals surface area contributed by atoms with E-state index in [2.05, 4.69) is 15.6 Å². The number of carbonyl (C=O) groups excluding carboxylic acids is 1. The van der Waals surface area contributed by atoms with Gasteiger partial charge in [-0.05, 0) is 45.1 Å². The summed E-state index contributed by atoms with van der Waals surface area (Å²) < 4.78 is 0. The van der Waals surface area contributed by atoms with Gasteiger partial charge in [0.15, 0.2) is 5.13 Å². The van der Waals surface area contributed by atoms with Gasteiger partial charge < -0.3 is 10.6 Å². The Morgan fingerprint density at radius 2 is 2.17 bits per heavy atom. The Hall–Kier alpha value is -0.940. The summed E-state index contributed by atoms with van der Waals surface area (Å²) in [5.41, 5.74) is 1.21. The highest BCUT2D eigenvalue weighted by Gasteiger charge is 2.22. The molecule has 1 aliphatic carbocycles. The van der Waals surface area contributed by atoms with Crippen LogP contribution in [-0.4, -0.2) is 23.5 Å². The average Bonchev–Trinajstić information content (AvgIpc) is 2.82. The molecule has 1 unspecified atom stereocenters. The van der Waals surface area contributed by atoms with Crippen LogP contribution in [0.4, 0.5) is 5.13 Å². The highest BCUT2D eigenvalue weighted by molar-refractivity contribution is 7.15.